The van der Waals surface area contributed by atoms with Crippen LogP contribution < -0.4 is 10.2 Å². The van der Waals surface area contributed by atoms with Gasteiger partial charge in [0.25, 0.3) is 0 Å². The average Bonchev–Trinajstić information content (AvgIpc) is 2.67. The minimum absolute atomic E-state index is 0.0857. The first-order chi connectivity index (χ1) is 9.16. The number of nitrogens with zero attached hydrogens (tertiary/aromatic N) is 2. The first-order valence-electron chi connectivity index (χ1n) is 7.31. The van der Waals surface area contributed by atoms with Gasteiger partial charge in [0, 0.05) is 31.4 Å². The molecule has 0 amide bonds. The number of aromatic nitrogens is 1. The van der Waals surface area contributed by atoms with Crippen molar-refractivity contribution in [3.8, 4) is 0 Å². The number of hydrogen-bond acceptors (Lipinski definition) is 3. The molecule has 1 aliphatic heterocycles. The van der Waals surface area contributed by atoms with Crippen molar-refractivity contribution >= 4 is 17.4 Å². The van der Waals surface area contributed by atoms with Crippen LogP contribution >= 0.6 is 11.6 Å². The van der Waals surface area contributed by atoms with Crippen LogP contribution in [0.25, 0.3) is 0 Å². The maximum absolute atomic E-state index is 6.27. The fourth-order valence-corrected chi connectivity index (χ4v) is 2.61. The monoisotopic (exact) mass is 295 g/mol. The van der Waals surface area contributed by atoms with Gasteiger partial charge < -0.3 is 10.2 Å². The zero-order valence-corrected chi connectivity index (χ0v) is 14.0. The summed E-state index contributed by atoms with van der Waals surface area (Å²) < 4.78 is 0. The quantitative estimate of drug-likeness (QED) is 0.918. The van der Waals surface area contributed by atoms with Crippen LogP contribution in [0.2, 0.25) is 5.02 Å². The molecule has 0 unspecified atom stereocenters. The van der Waals surface area contributed by atoms with E-state index in [1.165, 1.54) is 6.42 Å². The first-order valence-corrected chi connectivity index (χ1v) is 7.69. The van der Waals surface area contributed by atoms with E-state index in [2.05, 4.69) is 55.9 Å². The fraction of sp³-hybridized carbons (Fsp3) is 0.688. The summed E-state index contributed by atoms with van der Waals surface area (Å²) in [5.41, 5.74) is 1.59. The molecule has 0 bridgehead atoms. The van der Waals surface area contributed by atoms with Gasteiger partial charge in [0.15, 0.2) is 0 Å². The Morgan fingerprint density at radius 2 is 2.10 bits per heavy atom. The Morgan fingerprint density at radius 1 is 1.40 bits per heavy atom. The van der Waals surface area contributed by atoms with Gasteiger partial charge in [-0.05, 0) is 44.2 Å². The molecule has 20 heavy (non-hydrogen) atoms. The average molecular weight is 296 g/mol. The standard InChI is InChI=1S/C16H26ClN3/c1-15(2,3)19-9-12-8-14(18-10-13(12)17)20-7-6-16(4,5)11-20/h8,10,19H,6-7,9,11H2,1-5H3. The second-order valence-corrected chi connectivity index (χ2v) is 7.98. The number of nitrogens with one attached hydrogen (secondary N) is 1. The van der Waals surface area contributed by atoms with E-state index in [0.29, 0.717) is 5.41 Å². The van der Waals surface area contributed by atoms with E-state index in [1.807, 2.05) is 0 Å². The van der Waals surface area contributed by atoms with E-state index < -0.39 is 0 Å². The van der Waals surface area contributed by atoms with Crippen molar-refractivity contribution in [1.29, 1.82) is 0 Å². The van der Waals surface area contributed by atoms with Crippen molar-refractivity contribution < 1.29 is 0 Å². The molecule has 1 aliphatic rings. The van der Waals surface area contributed by atoms with E-state index in [-0.39, 0.29) is 5.54 Å². The van der Waals surface area contributed by atoms with Crippen LogP contribution in [0.4, 0.5) is 5.82 Å². The molecule has 1 N–H and O–H groups in total. The molecule has 4 heteroatoms. The van der Waals surface area contributed by atoms with Crippen LogP contribution in [0.5, 0.6) is 0 Å². The van der Waals surface area contributed by atoms with Gasteiger partial charge in [0.05, 0.1) is 5.02 Å². The third-order valence-corrected chi connectivity index (χ3v) is 4.07. The first kappa shape index (κ1) is 15.6. The van der Waals surface area contributed by atoms with Crippen molar-refractivity contribution in [1.82, 2.24) is 10.3 Å². The number of halogens is 1. The van der Waals surface area contributed by atoms with Crippen molar-refractivity contribution in [2.24, 2.45) is 5.41 Å². The highest BCUT2D eigenvalue weighted by Crippen LogP contribution is 2.32. The lowest BCUT2D eigenvalue weighted by Gasteiger charge is -2.23. The second-order valence-electron chi connectivity index (χ2n) is 7.57. The third-order valence-electron chi connectivity index (χ3n) is 3.73. The molecule has 1 aromatic heterocycles. The molecule has 2 rings (SSSR count). The Hall–Kier alpha value is -0.800. The number of pyridine rings is 1. The van der Waals surface area contributed by atoms with Crippen molar-refractivity contribution in [3.63, 3.8) is 0 Å². The van der Waals surface area contributed by atoms with Crippen LogP contribution in [-0.4, -0.2) is 23.6 Å². The van der Waals surface area contributed by atoms with Gasteiger partial charge in [-0.3, -0.25) is 0 Å². The zero-order valence-electron chi connectivity index (χ0n) is 13.3. The van der Waals surface area contributed by atoms with E-state index in [1.54, 1.807) is 6.20 Å². The molecule has 0 atom stereocenters. The lowest BCUT2D eigenvalue weighted by Crippen LogP contribution is -2.35. The van der Waals surface area contributed by atoms with Crippen LogP contribution in [0, 0.1) is 5.41 Å². The topological polar surface area (TPSA) is 28.2 Å². The molecule has 3 nitrogen and oxygen atoms in total. The smallest absolute Gasteiger partial charge is 0.128 e. The highest BCUT2D eigenvalue weighted by Gasteiger charge is 2.30. The van der Waals surface area contributed by atoms with E-state index >= 15 is 0 Å². The predicted octanol–water partition coefficient (Wildman–Crippen LogP) is 3.86. The molecule has 2 heterocycles. The minimum Gasteiger partial charge on any atom is -0.356 e. The van der Waals surface area contributed by atoms with Crippen molar-refractivity contribution in [3.05, 3.63) is 22.8 Å². The highest BCUT2D eigenvalue weighted by molar-refractivity contribution is 6.31. The molecular weight excluding hydrogens is 270 g/mol. The van der Waals surface area contributed by atoms with Gasteiger partial charge in [0.2, 0.25) is 0 Å². The summed E-state index contributed by atoms with van der Waals surface area (Å²) in [7, 11) is 0. The SMILES string of the molecule is CC1(C)CCN(c2cc(CNC(C)(C)C)c(Cl)cn2)C1. The van der Waals surface area contributed by atoms with Crippen LogP contribution in [0.3, 0.4) is 0 Å². The minimum atomic E-state index is 0.0857. The highest BCUT2D eigenvalue weighted by atomic mass is 35.5. The molecule has 0 aliphatic carbocycles. The van der Waals surface area contributed by atoms with Crippen molar-refractivity contribution in [2.75, 3.05) is 18.0 Å². The lowest BCUT2D eigenvalue weighted by molar-refractivity contribution is 0.418. The molecular formula is C16H26ClN3. The van der Waals surface area contributed by atoms with Gasteiger partial charge in [-0.1, -0.05) is 25.4 Å². The zero-order chi connectivity index (χ0) is 15.0. The summed E-state index contributed by atoms with van der Waals surface area (Å²) in [4.78, 5) is 6.86. The number of rotatable bonds is 3. The van der Waals surface area contributed by atoms with E-state index in [0.717, 1.165) is 36.0 Å². The Labute approximate surface area is 127 Å². The predicted molar refractivity (Wildman–Crippen MR) is 86.5 cm³/mol. The molecule has 0 aromatic carbocycles. The second kappa shape index (κ2) is 5.53. The molecule has 1 fully saturated rings. The van der Waals surface area contributed by atoms with Crippen LogP contribution in [0.1, 0.15) is 46.6 Å². The molecule has 1 aromatic rings. The Balaban J connectivity index is 2.13. The van der Waals surface area contributed by atoms with Gasteiger partial charge >= 0.3 is 0 Å². The van der Waals surface area contributed by atoms with Gasteiger partial charge in [-0.2, -0.15) is 0 Å². The van der Waals surface area contributed by atoms with Crippen molar-refractivity contribution in [2.45, 2.75) is 53.1 Å². The fourth-order valence-electron chi connectivity index (χ4n) is 2.44. The molecule has 112 valence electrons. The maximum atomic E-state index is 6.27. The molecule has 1 saturated heterocycles. The molecule has 0 saturated carbocycles. The largest absolute Gasteiger partial charge is 0.356 e. The summed E-state index contributed by atoms with van der Waals surface area (Å²) in [5.74, 6) is 1.05. The molecule has 0 radical (unpaired) electrons. The number of hydrogen-bond donors (Lipinski definition) is 1. The number of anilines is 1. The summed E-state index contributed by atoms with van der Waals surface area (Å²) in [6.07, 6.45) is 2.99. The maximum Gasteiger partial charge on any atom is 0.128 e. The van der Waals surface area contributed by atoms with Gasteiger partial charge in [0.1, 0.15) is 5.82 Å². The summed E-state index contributed by atoms with van der Waals surface area (Å²) >= 11 is 6.27. The summed E-state index contributed by atoms with van der Waals surface area (Å²) in [6.45, 7) is 14.0. The lowest BCUT2D eigenvalue weighted by atomic mass is 9.93. The van der Waals surface area contributed by atoms with Crippen LogP contribution in [-0.2, 0) is 6.54 Å². The Bertz CT molecular complexity index is 477. The normalized spacial score (nSPS) is 18.6. The summed E-state index contributed by atoms with van der Waals surface area (Å²) in [6, 6.07) is 2.13. The molecule has 0 spiro atoms. The summed E-state index contributed by atoms with van der Waals surface area (Å²) in [5, 5.41) is 4.22. The van der Waals surface area contributed by atoms with E-state index in [4.69, 9.17) is 11.6 Å². The Kier molecular flexibility index (Phi) is 4.31. The van der Waals surface area contributed by atoms with Crippen LogP contribution in [0.15, 0.2) is 12.3 Å². The van der Waals surface area contributed by atoms with E-state index in [9.17, 15) is 0 Å². The third kappa shape index (κ3) is 4.10. The Morgan fingerprint density at radius 3 is 2.65 bits per heavy atom. The van der Waals surface area contributed by atoms with Gasteiger partial charge in [-0.15, -0.1) is 0 Å². The van der Waals surface area contributed by atoms with Gasteiger partial charge in [-0.25, -0.2) is 4.98 Å².